The molecular weight excluding hydrogens is 305 g/mol. The molecule has 0 unspecified atom stereocenters. The van der Waals surface area contributed by atoms with Crippen LogP contribution < -0.4 is 4.90 Å². The summed E-state index contributed by atoms with van der Waals surface area (Å²) in [5.74, 6) is 0.956. The largest absolute Gasteiger partial charge is 0.507 e. The molecule has 1 aromatic heterocycles. The van der Waals surface area contributed by atoms with Crippen LogP contribution in [0, 0.1) is 5.82 Å². The van der Waals surface area contributed by atoms with Crippen molar-refractivity contribution in [3.05, 3.63) is 48.3 Å². The highest BCUT2D eigenvalue weighted by molar-refractivity contribution is 5.91. The summed E-state index contributed by atoms with van der Waals surface area (Å²) >= 11 is 0. The molecule has 24 heavy (non-hydrogen) atoms. The SMILES string of the molecule is CCCN(CC)c1nc(-c2ccccc2O)nc2ccc(F)cc12. The van der Waals surface area contributed by atoms with Gasteiger partial charge in [0.2, 0.25) is 0 Å². The second-order valence-corrected chi connectivity index (χ2v) is 5.63. The van der Waals surface area contributed by atoms with E-state index in [4.69, 9.17) is 0 Å². The van der Waals surface area contributed by atoms with Crippen LogP contribution in [0.5, 0.6) is 5.75 Å². The van der Waals surface area contributed by atoms with E-state index in [1.165, 1.54) is 12.1 Å². The number of halogens is 1. The summed E-state index contributed by atoms with van der Waals surface area (Å²) in [6.07, 6.45) is 0.959. The van der Waals surface area contributed by atoms with Gasteiger partial charge in [-0.05, 0) is 43.7 Å². The molecule has 0 fully saturated rings. The van der Waals surface area contributed by atoms with Crippen LogP contribution in [0.25, 0.3) is 22.3 Å². The Hall–Kier alpha value is -2.69. The van der Waals surface area contributed by atoms with E-state index in [0.29, 0.717) is 28.1 Å². The van der Waals surface area contributed by atoms with Gasteiger partial charge in [0.05, 0.1) is 11.1 Å². The molecule has 0 aliphatic heterocycles. The zero-order chi connectivity index (χ0) is 17.1. The highest BCUT2D eigenvalue weighted by atomic mass is 19.1. The Bertz CT molecular complexity index is 866. The van der Waals surface area contributed by atoms with Crippen LogP contribution in [-0.2, 0) is 0 Å². The summed E-state index contributed by atoms with van der Waals surface area (Å²) in [4.78, 5) is 11.3. The number of para-hydroxylation sites is 1. The van der Waals surface area contributed by atoms with Gasteiger partial charge >= 0.3 is 0 Å². The Labute approximate surface area is 140 Å². The fourth-order valence-corrected chi connectivity index (χ4v) is 2.79. The van der Waals surface area contributed by atoms with Gasteiger partial charge in [-0.15, -0.1) is 0 Å². The summed E-state index contributed by atoms with van der Waals surface area (Å²) in [7, 11) is 0. The predicted molar refractivity (Wildman–Crippen MR) is 94.8 cm³/mol. The molecule has 0 saturated carbocycles. The first-order valence-electron chi connectivity index (χ1n) is 8.14. The van der Waals surface area contributed by atoms with E-state index in [2.05, 4.69) is 21.8 Å². The van der Waals surface area contributed by atoms with Crippen molar-refractivity contribution in [2.45, 2.75) is 20.3 Å². The maximum Gasteiger partial charge on any atom is 0.165 e. The van der Waals surface area contributed by atoms with Crippen molar-refractivity contribution in [2.24, 2.45) is 0 Å². The molecule has 0 atom stereocenters. The predicted octanol–water partition coefficient (Wildman–Crippen LogP) is 4.38. The summed E-state index contributed by atoms with van der Waals surface area (Å²) in [5.41, 5.74) is 1.23. The van der Waals surface area contributed by atoms with Crippen LogP contribution in [0.15, 0.2) is 42.5 Å². The number of aromatic hydroxyl groups is 1. The highest BCUT2D eigenvalue weighted by Gasteiger charge is 2.16. The molecule has 1 heterocycles. The highest BCUT2D eigenvalue weighted by Crippen LogP contribution is 2.31. The average molecular weight is 325 g/mol. The van der Waals surface area contributed by atoms with Gasteiger partial charge in [0.1, 0.15) is 17.4 Å². The maximum atomic E-state index is 13.7. The molecule has 0 spiro atoms. The first-order chi connectivity index (χ1) is 11.6. The van der Waals surface area contributed by atoms with Crippen molar-refractivity contribution in [3.63, 3.8) is 0 Å². The number of hydrogen-bond donors (Lipinski definition) is 1. The van der Waals surface area contributed by atoms with E-state index in [9.17, 15) is 9.50 Å². The number of nitrogens with zero attached hydrogens (tertiary/aromatic N) is 3. The average Bonchev–Trinajstić information content (AvgIpc) is 2.59. The Kier molecular flexibility index (Phi) is 4.60. The first-order valence-corrected chi connectivity index (χ1v) is 8.14. The molecule has 4 nitrogen and oxygen atoms in total. The normalized spacial score (nSPS) is 11.0. The lowest BCUT2D eigenvalue weighted by atomic mass is 10.1. The van der Waals surface area contributed by atoms with Crippen molar-refractivity contribution in [2.75, 3.05) is 18.0 Å². The van der Waals surface area contributed by atoms with E-state index in [1.807, 2.05) is 13.0 Å². The Balaban J connectivity index is 2.26. The molecule has 3 aromatic rings. The minimum Gasteiger partial charge on any atom is -0.507 e. The van der Waals surface area contributed by atoms with Crippen molar-refractivity contribution < 1.29 is 9.50 Å². The van der Waals surface area contributed by atoms with Gasteiger partial charge < -0.3 is 10.0 Å². The van der Waals surface area contributed by atoms with Gasteiger partial charge in [0.15, 0.2) is 5.82 Å². The van der Waals surface area contributed by atoms with Crippen LogP contribution in [-0.4, -0.2) is 28.2 Å². The molecule has 2 aromatic carbocycles. The van der Waals surface area contributed by atoms with Crippen molar-refractivity contribution in [1.82, 2.24) is 9.97 Å². The van der Waals surface area contributed by atoms with Crippen LogP contribution in [0.1, 0.15) is 20.3 Å². The topological polar surface area (TPSA) is 49.2 Å². The lowest BCUT2D eigenvalue weighted by Gasteiger charge is -2.23. The monoisotopic (exact) mass is 325 g/mol. The summed E-state index contributed by atoms with van der Waals surface area (Å²) in [6.45, 7) is 5.72. The number of phenolic OH excluding ortho intramolecular Hbond substituents is 1. The van der Waals surface area contributed by atoms with Gasteiger partial charge in [0, 0.05) is 18.5 Å². The number of fused-ring (bicyclic) bond motifs is 1. The Morgan fingerprint density at radius 3 is 2.58 bits per heavy atom. The molecular formula is C19H20FN3O. The minimum atomic E-state index is -0.310. The Morgan fingerprint density at radius 2 is 1.88 bits per heavy atom. The third kappa shape index (κ3) is 3.02. The number of aromatic nitrogens is 2. The standard InChI is InChI=1S/C19H20FN3O/c1-3-11-23(4-2)19-15-12-13(20)9-10-16(15)21-18(22-19)14-7-5-6-8-17(14)24/h5-10,12,24H,3-4,11H2,1-2H3. The molecule has 124 valence electrons. The summed E-state index contributed by atoms with van der Waals surface area (Å²) in [5, 5.41) is 10.8. The van der Waals surface area contributed by atoms with Gasteiger partial charge in [0.25, 0.3) is 0 Å². The lowest BCUT2D eigenvalue weighted by Crippen LogP contribution is -2.25. The number of phenols is 1. The smallest absolute Gasteiger partial charge is 0.165 e. The second kappa shape index (κ2) is 6.83. The fourth-order valence-electron chi connectivity index (χ4n) is 2.79. The second-order valence-electron chi connectivity index (χ2n) is 5.63. The van der Waals surface area contributed by atoms with Crippen LogP contribution >= 0.6 is 0 Å². The number of rotatable bonds is 5. The third-order valence-electron chi connectivity index (χ3n) is 3.96. The van der Waals surface area contributed by atoms with E-state index < -0.39 is 0 Å². The van der Waals surface area contributed by atoms with E-state index in [1.54, 1.807) is 24.3 Å². The fraction of sp³-hybridized carbons (Fsp3) is 0.263. The molecule has 0 aliphatic carbocycles. The minimum absolute atomic E-state index is 0.128. The first kappa shape index (κ1) is 16.2. The number of benzene rings is 2. The van der Waals surface area contributed by atoms with Gasteiger partial charge in [-0.1, -0.05) is 19.1 Å². The summed E-state index contributed by atoms with van der Waals surface area (Å²) < 4.78 is 13.7. The molecule has 5 heteroatoms. The van der Waals surface area contributed by atoms with Crippen LogP contribution in [0.3, 0.4) is 0 Å². The molecule has 0 amide bonds. The third-order valence-corrected chi connectivity index (χ3v) is 3.96. The maximum absolute atomic E-state index is 13.7. The van der Waals surface area contributed by atoms with Crippen molar-refractivity contribution in [3.8, 4) is 17.1 Å². The summed E-state index contributed by atoms with van der Waals surface area (Å²) in [6, 6.07) is 11.5. The van der Waals surface area contributed by atoms with E-state index in [0.717, 1.165) is 19.5 Å². The zero-order valence-electron chi connectivity index (χ0n) is 13.8. The number of anilines is 1. The molecule has 3 rings (SSSR count). The number of hydrogen-bond acceptors (Lipinski definition) is 4. The van der Waals surface area contributed by atoms with Crippen LogP contribution in [0.2, 0.25) is 0 Å². The van der Waals surface area contributed by atoms with Crippen molar-refractivity contribution in [1.29, 1.82) is 0 Å². The molecule has 0 aliphatic rings. The lowest BCUT2D eigenvalue weighted by molar-refractivity contribution is 0.477. The zero-order valence-corrected chi connectivity index (χ0v) is 13.8. The quantitative estimate of drug-likeness (QED) is 0.756. The van der Waals surface area contributed by atoms with E-state index >= 15 is 0 Å². The van der Waals surface area contributed by atoms with Gasteiger partial charge in [-0.3, -0.25) is 0 Å². The molecule has 0 saturated heterocycles. The molecule has 0 bridgehead atoms. The van der Waals surface area contributed by atoms with Gasteiger partial charge in [-0.25, -0.2) is 14.4 Å². The molecule has 1 N–H and O–H groups in total. The van der Waals surface area contributed by atoms with Crippen molar-refractivity contribution >= 4 is 16.7 Å². The molecule has 0 radical (unpaired) electrons. The Morgan fingerprint density at radius 1 is 1.08 bits per heavy atom. The van der Waals surface area contributed by atoms with Gasteiger partial charge in [-0.2, -0.15) is 0 Å². The van der Waals surface area contributed by atoms with E-state index in [-0.39, 0.29) is 11.6 Å². The van der Waals surface area contributed by atoms with Crippen LogP contribution in [0.4, 0.5) is 10.2 Å².